The minimum atomic E-state index is -0.859. The predicted octanol–water partition coefficient (Wildman–Crippen LogP) is 0.188. The number of hydrogen-bond acceptors (Lipinski definition) is 5. The summed E-state index contributed by atoms with van der Waals surface area (Å²) in [6, 6.07) is 0. The number of aliphatic hydroxyl groups is 2. The fourth-order valence-electron chi connectivity index (χ4n) is 1.00. The van der Waals surface area contributed by atoms with Crippen LogP contribution in [0.2, 0.25) is 5.28 Å². The second kappa shape index (κ2) is 5.06. The van der Waals surface area contributed by atoms with Gasteiger partial charge in [0.2, 0.25) is 0 Å². The van der Waals surface area contributed by atoms with E-state index in [1.807, 2.05) is 0 Å². The Kier molecular flexibility index (Phi) is 4.01. The fraction of sp³-hybridized carbons (Fsp3) is 0.571. The van der Waals surface area contributed by atoms with Crippen LogP contribution in [0.1, 0.15) is 6.42 Å². The summed E-state index contributed by atoms with van der Waals surface area (Å²) in [4.78, 5) is 13.2. The molecular formula is C7H10ClN3O4. The molecule has 8 heteroatoms. The summed E-state index contributed by atoms with van der Waals surface area (Å²) in [5.74, 6) is -0.335. The molecule has 0 aliphatic heterocycles. The van der Waals surface area contributed by atoms with Gasteiger partial charge in [0.1, 0.15) is 6.20 Å². The first-order valence-corrected chi connectivity index (χ1v) is 4.58. The van der Waals surface area contributed by atoms with Gasteiger partial charge in [0.15, 0.2) is 0 Å². The molecule has 7 nitrogen and oxygen atoms in total. The monoisotopic (exact) mass is 235 g/mol. The van der Waals surface area contributed by atoms with Gasteiger partial charge in [-0.3, -0.25) is 4.57 Å². The zero-order valence-electron chi connectivity index (χ0n) is 7.71. The molecule has 0 aliphatic rings. The van der Waals surface area contributed by atoms with Crippen LogP contribution in [0.5, 0.6) is 0 Å². The average molecular weight is 236 g/mol. The number of imidazole rings is 1. The van der Waals surface area contributed by atoms with Gasteiger partial charge in [-0.05, 0) is 27.9 Å². The molecule has 15 heavy (non-hydrogen) atoms. The molecule has 0 saturated carbocycles. The van der Waals surface area contributed by atoms with E-state index in [0.717, 1.165) is 0 Å². The Bertz CT molecular complexity index is 354. The van der Waals surface area contributed by atoms with E-state index in [-0.39, 0.29) is 30.7 Å². The van der Waals surface area contributed by atoms with Crippen molar-refractivity contribution in [2.45, 2.75) is 19.1 Å². The predicted molar refractivity (Wildman–Crippen MR) is 51.6 cm³/mol. The van der Waals surface area contributed by atoms with Crippen molar-refractivity contribution in [1.82, 2.24) is 9.55 Å². The van der Waals surface area contributed by atoms with Gasteiger partial charge >= 0.3 is 11.1 Å². The van der Waals surface area contributed by atoms with Crippen molar-refractivity contribution in [2.75, 3.05) is 6.61 Å². The van der Waals surface area contributed by atoms with Crippen LogP contribution in [0, 0.1) is 10.1 Å². The highest BCUT2D eigenvalue weighted by Gasteiger charge is 2.17. The van der Waals surface area contributed by atoms with E-state index in [1.165, 1.54) is 10.8 Å². The van der Waals surface area contributed by atoms with Crippen molar-refractivity contribution in [3.05, 3.63) is 21.6 Å². The van der Waals surface area contributed by atoms with Gasteiger partial charge in [0.05, 0.1) is 12.7 Å². The van der Waals surface area contributed by atoms with E-state index in [2.05, 4.69) is 4.98 Å². The van der Waals surface area contributed by atoms with E-state index >= 15 is 0 Å². The summed E-state index contributed by atoms with van der Waals surface area (Å²) in [6.45, 7) is -0.0875. The van der Waals surface area contributed by atoms with Gasteiger partial charge < -0.3 is 20.3 Å². The second-order valence-corrected chi connectivity index (χ2v) is 3.28. The number of aromatic nitrogens is 2. The fourth-order valence-corrected chi connectivity index (χ4v) is 1.22. The lowest BCUT2D eigenvalue weighted by molar-refractivity contribution is -0.389. The van der Waals surface area contributed by atoms with Crippen LogP contribution in [0.25, 0.3) is 0 Å². The SMILES string of the molecule is O=[N+]([O-])c1cn(CC[C@@H](O)CO)c(Cl)n1. The van der Waals surface area contributed by atoms with Gasteiger partial charge in [-0.15, -0.1) is 0 Å². The van der Waals surface area contributed by atoms with Crippen molar-refractivity contribution >= 4 is 17.4 Å². The maximum absolute atomic E-state index is 10.3. The molecule has 1 atom stereocenters. The lowest BCUT2D eigenvalue weighted by Gasteiger charge is -2.06. The van der Waals surface area contributed by atoms with Crippen LogP contribution in [0.4, 0.5) is 5.82 Å². The standard InChI is InChI=1S/C7H10ClN3O4/c8-7-9-6(11(14)15)3-10(7)2-1-5(13)4-12/h3,5,12-13H,1-2,4H2/t5-/m1/s1. The number of nitro groups is 1. The van der Waals surface area contributed by atoms with Crippen molar-refractivity contribution in [2.24, 2.45) is 0 Å². The third-order valence-corrected chi connectivity index (χ3v) is 2.12. The number of aliphatic hydroxyl groups excluding tert-OH is 2. The number of nitrogens with zero attached hydrogens (tertiary/aromatic N) is 3. The molecule has 0 radical (unpaired) electrons. The van der Waals surface area contributed by atoms with Crippen molar-refractivity contribution in [1.29, 1.82) is 0 Å². The summed E-state index contributed by atoms with van der Waals surface area (Å²) in [5.41, 5.74) is 0. The first-order valence-electron chi connectivity index (χ1n) is 4.20. The van der Waals surface area contributed by atoms with Crippen molar-refractivity contribution < 1.29 is 15.1 Å². The van der Waals surface area contributed by atoms with Gasteiger partial charge in [0.25, 0.3) is 0 Å². The zero-order chi connectivity index (χ0) is 11.4. The third kappa shape index (κ3) is 3.15. The van der Waals surface area contributed by atoms with E-state index in [4.69, 9.17) is 21.8 Å². The molecule has 0 spiro atoms. The lowest BCUT2D eigenvalue weighted by Crippen LogP contribution is -2.14. The van der Waals surface area contributed by atoms with Gasteiger partial charge in [-0.2, -0.15) is 0 Å². The highest BCUT2D eigenvalue weighted by Crippen LogP contribution is 2.15. The van der Waals surface area contributed by atoms with Crippen LogP contribution in [0.3, 0.4) is 0 Å². The van der Waals surface area contributed by atoms with E-state index in [9.17, 15) is 10.1 Å². The Morgan fingerprint density at radius 3 is 2.87 bits per heavy atom. The topological polar surface area (TPSA) is 101 Å². The number of rotatable bonds is 5. The molecule has 2 N–H and O–H groups in total. The molecule has 1 rings (SSSR count). The summed E-state index contributed by atoms with van der Waals surface area (Å²) < 4.78 is 1.35. The molecule has 0 aliphatic carbocycles. The Balaban J connectivity index is 2.65. The normalized spacial score (nSPS) is 12.7. The van der Waals surface area contributed by atoms with Crippen molar-refractivity contribution in [3.63, 3.8) is 0 Å². The van der Waals surface area contributed by atoms with Crippen LogP contribution >= 0.6 is 11.6 Å². The molecule has 1 aromatic heterocycles. The maximum Gasteiger partial charge on any atom is 0.383 e. The summed E-state index contributed by atoms with van der Waals surface area (Å²) in [6.07, 6.45) is 0.582. The highest BCUT2D eigenvalue weighted by molar-refractivity contribution is 6.28. The smallest absolute Gasteiger partial charge is 0.383 e. The minimum absolute atomic E-state index is 0.00756. The molecule has 0 bridgehead atoms. The van der Waals surface area contributed by atoms with Gasteiger partial charge in [-0.1, -0.05) is 0 Å². The van der Waals surface area contributed by atoms with Gasteiger partial charge in [0, 0.05) is 6.54 Å². The van der Waals surface area contributed by atoms with E-state index < -0.39 is 11.0 Å². The maximum atomic E-state index is 10.3. The summed E-state index contributed by atoms with van der Waals surface area (Å²) in [7, 11) is 0. The summed E-state index contributed by atoms with van der Waals surface area (Å²) >= 11 is 5.62. The molecule has 84 valence electrons. The molecule has 1 aromatic rings. The third-order valence-electron chi connectivity index (χ3n) is 1.82. The molecule has 0 unspecified atom stereocenters. The molecule has 0 aromatic carbocycles. The Morgan fingerprint density at radius 1 is 1.73 bits per heavy atom. The molecule has 1 heterocycles. The van der Waals surface area contributed by atoms with Crippen LogP contribution < -0.4 is 0 Å². The minimum Gasteiger partial charge on any atom is -0.394 e. The Hall–Kier alpha value is -1.18. The summed E-state index contributed by atoms with van der Waals surface area (Å²) in [5, 5.41) is 28.0. The van der Waals surface area contributed by atoms with E-state index in [1.54, 1.807) is 0 Å². The largest absolute Gasteiger partial charge is 0.394 e. The lowest BCUT2D eigenvalue weighted by atomic mass is 10.3. The number of hydrogen-bond donors (Lipinski definition) is 2. The van der Waals surface area contributed by atoms with Crippen molar-refractivity contribution in [3.8, 4) is 0 Å². The number of halogens is 1. The molecule has 0 saturated heterocycles. The first-order chi connectivity index (χ1) is 7.04. The molecule has 0 fully saturated rings. The second-order valence-electron chi connectivity index (χ2n) is 2.94. The first kappa shape index (κ1) is 11.9. The Morgan fingerprint density at radius 2 is 2.40 bits per heavy atom. The van der Waals surface area contributed by atoms with Gasteiger partial charge in [-0.25, -0.2) is 0 Å². The quantitative estimate of drug-likeness (QED) is 0.560. The number of aryl methyl sites for hydroxylation is 1. The average Bonchev–Trinajstić information content (AvgIpc) is 2.56. The van der Waals surface area contributed by atoms with Crippen LogP contribution in [-0.2, 0) is 6.54 Å². The Labute approximate surface area is 90.1 Å². The van der Waals surface area contributed by atoms with Crippen LogP contribution in [-0.4, -0.2) is 37.4 Å². The molecule has 0 amide bonds. The zero-order valence-corrected chi connectivity index (χ0v) is 8.46. The van der Waals surface area contributed by atoms with Crippen LogP contribution in [0.15, 0.2) is 6.20 Å². The molecular weight excluding hydrogens is 226 g/mol. The van der Waals surface area contributed by atoms with E-state index in [0.29, 0.717) is 0 Å². The highest BCUT2D eigenvalue weighted by atomic mass is 35.5.